The third-order valence-electron chi connectivity index (χ3n) is 2.21. The Kier molecular flexibility index (Phi) is 5.69. The molecule has 0 aliphatic heterocycles. The molecule has 0 aromatic carbocycles. The monoisotopic (exact) mass is 168 g/mol. The van der Waals surface area contributed by atoms with Crippen molar-refractivity contribution >= 4 is 5.78 Å². The van der Waals surface area contributed by atoms with Gasteiger partial charge in [-0.3, -0.25) is 0 Å². The van der Waals surface area contributed by atoms with Crippen LogP contribution in [-0.2, 0) is 4.79 Å². The molecule has 70 valence electrons. The van der Waals surface area contributed by atoms with Gasteiger partial charge >= 0.3 is 0 Å². The quantitative estimate of drug-likeness (QED) is 0.574. The first-order chi connectivity index (χ1) is 5.57. The molecular weight excluding hydrogens is 148 g/mol. The van der Waals surface area contributed by atoms with Gasteiger partial charge in [-0.2, -0.15) is 0 Å². The first kappa shape index (κ1) is 11.4. The van der Waals surface area contributed by atoms with Gasteiger partial charge in [-0.1, -0.05) is 24.5 Å². The van der Waals surface area contributed by atoms with Crippen molar-refractivity contribution in [2.24, 2.45) is 0 Å². The first-order valence-corrected chi connectivity index (χ1v) is 4.72. The van der Waals surface area contributed by atoms with Gasteiger partial charge in [0.25, 0.3) is 0 Å². The van der Waals surface area contributed by atoms with E-state index in [1.807, 2.05) is 0 Å². The van der Waals surface area contributed by atoms with E-state index in [-0.39, 0.29) is 0 Å². The fraction of sp³-hybridized carbons (Fsp3) is 0.727. The Bertz CT molecular complexity index is 177. The van der Waals surface area contributed by atoms with Crippen LogP contribution in [0.3, 0.4) is 0 Å². The van der Waals surface area contributed by atoms with Gasteiger partial charge in [0.1, 0.15) is 5.78 Å². The molecule has 0 saturated heterocycles. The zero-order valence-electron chi connectivity index (χ0n) is 8.74. The van der Waals surface area contributed by atoms with Crippen LogP contribution in [0.25, 0.3) is 0 Å². The number of hydrogen-bond acceptors (Lipinski definition) is 1. The Hall–Kier alpha value is -0.590. The number of allylic oxidation sites excluding steroid dienone is 2. The minimum atomic E-state index is 0.290. The molecule has 0 amide bonds. The van der Waals surface area contributed by atoms with Crippen LogP contribution in [0.4, 0.5) is 0 Å². The first-order valence-electron chi connectivity index (χ1n) is 4.72. The molecule has 1 heteroatoms. The predicted octanol–water partition coefficient (Wildman–Crippen LogP) is 3.49. The molecule has 12 heavy (non-hydrogen) atoms. The summed E-state index contributed by atoms with van der Waals surface area (Å²) in [5.74, 6) is 0.290. The van der Waals surface area contributed by atoms with Crippen LogP contribution in [0.1, 0.15) is 53.4 Å². The summed E-state index contributed by atoms with van der Waals surface area (Å²) in [7, 11) is 0. The highest BCUT2D eigenvalue weighted by Crippen LogP contribution is 2.14. The predicted molar refractivity (Wildman–Crippen MR) is 53.2 cm³/mol. The van der Waals surface area contributed by atoms with Gasteiger partial charge in [0.2, 0.25) is 0 Å². The Balaban J connectivity index is 3.89. The summed E-state index contributed by atoms with van der Waals surface area (Å²) in [5.41, 5.74) is 2.85. The molecule has 0 unspecified atom stereocenters. The van der Waals surface area contributed by atoms with E-state index in [0.717, 1.165) is 6.42 Å². The summed E-state index contributed by atoms with van der Waals surface area (Å²) in [6.45, 7) is 8.14. The highest BCUT2D eigenvalue weighted by atomic mass is 16.1. The molecule has 0 aromatic rings. The SMILES string of the molecule is CCCC(C)=C(C)CCC(C)=O. The zero-order chi connectivity index (χ0) is 9.56. The number of Topliss-reactive ketones (excluding diaryl/α,β-unsaturated/α-hetero) is 1. The van der Waals surface area contributed by atoms with Crippen LogP contribution in [-0.4, -0.2) is 5.78 Å². The second-order valence-corrected chi connectivity index (χ2v) is 3.51. The van der Waals surface area contributed by atoms with E-state index in [1.165, 1.54) is 24.0 Å². The average molecular weight is 168 g/mol. The van der Waals surface area contributed by atoms with Crippen LogP contribution < -0.4 is 0 Å². The molecule has 0 aromatic heterocycles. The lowest BCUT2D eigenvalue weighted by molar-refractivity contribution is -0.116. The summed E-state index contributed by atoms with van der Waals surface area (Å²) in [6, 6.07) is 0. The summed E-state index contributed by atoms with van der Waals surface area (Å²) in [5, 5.41) is 0. The maximum atomic E-state index is 10.7. The van der Waals surface area contributed by atoms with Crippen molar-refractivity contribution in [2.75, 3.05) is 0 Å². The summed E-state index contributed by atoms with van der Waals surface area (Å²) in [6.07, 6.45) is 4.01. The molecule has 0 aliphatic carbocycles. The Labute approximate surface area is 75.9 Å². The van der Waals surface area contributed by atoms with E-state index < -0.39 is 0 Å². The maximum Gasteiger partial charge on any atom is 0.130 e. The molecule has 0 bridgehead atoms. The molecule has 0 heterocycles. The fourth-order valence-corrected chi connectivity index (χ4v) is 1.17. The minimum Gasteiger partial charge on any atom is -0.300 e. The largest absolute Gasteiger partial charge is 0.300 e. The fourth-order valence-electron chi connectivity index (χ4n) is 1.17. The van der Waals surface area contributed by atoms with E-state index in [2.05, 4.69) is 20.8 Å². The Morgan fingerprint density at radius 2 is 1.42 bits per heavy atom. The molecule has 0 rings (SSSR count). The number of hydrogen-bond donors (Lipinski definition) is 0. The van der Waals surface area contributed by atoms with Crippen LogP contribution in [0.2, 0.25) is 0 Å². The second-order valence-electron chi connectivity index (χ2n) is 3.51. The van der Waals surface area contributed by atoms with Crippen molar-refractivity contribution in [3.05, 3.63) is 11.1 Å². The molecule has 0 fully saturated rings. The van der Waals surface area contributed by atoms with E-state index in [9.17, 15) is 4.79 Å². The van der Waals surface area contributed by atoms with Gasteiger partial charge in [0, 0.05) is 6.42 Å². The smallest absolute Gasteiger partial charge is 0.130 e. The summed E-state index contributed by atoms with van der Waals surface area (Å²) >= 11 is 0. The number of carbonyl (C=O) groups is 1. The normalized spacial score (nSPS) is 12.7. The topological polar surface area (TPSA) is 17.1 Å². The third kappa shape index (κ3) is 5.11. The molecule has 0 spiro atoms. The van der Waals surface area contributed by atoms with E-state index >= 15 is 0 Å². The number of rotatable bonds is 5. The maximum absolute atomic E-state index is 10.7. The highest BCUT2D eigenvalue weighted by molar-refractivity contribution is 5.75. The van der Waals surface area contributed by atoms with Crippen molar-refractivity contribution in [1.29, 1.82) is 0 Å². The van der Waals surface area contributed by atoms with Crippen LogP contribution in [0.15, 0.2) is 11.1 Å². The molecule has 0 saturated carbocycles. The summed E-state index contributed by atoms with van der Waals surface area (Å²) in [4.78, 5) is 10.7. The molecule has 1 nitrogen and oxygen atoms in total. The van der Waals surface area contributed by atoms with Crippen LogP contribution >= 0.6 is 0 Å². The molecule has 0 aliphatic rings. The van der Waals surface area contributed by atoms with Gasteiger partial charge in [-0.05, 0) is 33.6 Å². The van der Waals surface area contributed by atoms with Gasteiger partial charge in [0.05, 0.1) is 0 Å². The van der Waals surface area contributed by atoms with Crippen molar-refractivity contribution in [1.82, 2.24) is 0 Å². The average Bonchev–Trinajstić information content (AvgIpc) is 2.00. The molecular formula is C11H20O. The Morgan fingerprint density at radius 1 is 0.917 bits per heavy atom. The second kappa shape index (κ2) is 5.99. The molecule has 0 N–H and O–H groups in total. The van der Waals surface area contributed by atoms with E-state index in [4.69, 9.17) is 0 Å². The van der Waals surface area contributed by atoms with Crippen molar-refractivity contribution in [3.8, 4) is 0 Å². The number of ketones is 1. The molecule has 0 radical (unpaired) electrons. The third-order valence-corrected chi connectivity index (χ3v) is 2.21. The van der Waals surface area contributed by atoms with Gasteiger partial charge in [0.15, 0.2) is 0 Å². The molecule has 0 atom stereocenters. The van der Waals surface area contributed by atoms with Gasteiger partial charge in [-0.25, -0.2) is 0 Å². The van der Waals surface area contributed by atoms with Crippen LogP contribution in [0.5, 0.6) is 0 Å². The standard InChI is InChI=1S/C11H20O/c1-5-6-9(2)10(3)7-8-11(4)12/h5-8H2,1-4H3. The minimum absolute atomic E-state index is 0.290. The Morgan fingerprint density at radius 3 is 1.83 bits per heavy atom. The van der Waals surface area contributed by atoms with Gasteiger partial charge < -0.3 is 4.79 Å². The van der Waals surface area contributed by atoms with Crippen molar-refractivity contribution in [2.45, 2.75) is 53.4 Å². The highest BCUT2D eigenvalue weighted by Gasteiger charge is 1.98. The number of carbonyl (C=O) groups excluding carboxylic acids is 1. The zero-order valence-corrected chi connectivity index (χ0v) is 8.74. The lowest BCUT2D eigenvalue weighted by Crippen LogP contribution is -1.92. The van der Waals surface area contributed by atoms with E-state index in [1.54, 1.807) is 6.92 Å². The van der Waals surface area contributed by atoms with E-state index in [0.29, 0.717) is 12.2 Å². The lowest BCUT2D eigenvalue weighted by Gasteiger charge is -2.04. The summed E-state index contributed by atoms with van der Waals surface area (Å²) < 4.78 is 0. The van der Waals surface area contributed by atoms with Gasteiger partial charge in [-0.15, -0.1) is 0 Å². The van der Waals surface area contributed by atoms with Crippen LogP contribution in [0, 0.1) is 0 Å². The lowest BCUT2D eigenvalue weighted by atomic mass is 10.0. The van der Waals surface area contributed by atoms with Crippen molar-refractivity contribution < 1.29 is 4.79 Å². The van der Waals surface area contributed by atoms with Crippen molar-refractivity contribution in [3.63, 3.8) is 0 Å².